The Balaban J connectivity index is 3.03. The summed E-state index contributed by atoms with van der Waals surface area (Å²) < 4.78 is 9.24. The number of hydrogen-bond acceptors (Lipinski definition) is 3. The number of carbonyl (C=O) groups is 1. The average Bonchev–Trinajstić information content (AvgIpc) is 2.32. The van der Waals surface area contributed by atoms with Crippen molar-refractivity contribution in [3.63, 3.8) is 0 Å². The van der Waals surface area contributed by atoms with Gasteiger partial charge in [0.1, 0.15) is 0 Å². The third-order valence-electron chi connectivity index (χ3n) is 2.65. The molecular weight excluding hydrogens is 216 g/mol. The van der Waals surface area contributed by atoms with Crippen molar-refractivity contribution in [3.05, 3.63) is 12.8 Å². The fraction of sp³-hybridized carbons (Fsp3) is 0.786. The predicted octanol–water partition coefficient (Wildman–Crippen LogP) is 4.81. The van der Waals surface area contributed by atoms with E-state index in [1.807, 2.05) is 0 Å². The van der Waals surface area contributed by atoms with Crippen LogP contribution in [0.1, 0.15) is 64.7 Å². The van der Waals surface area contributed by atoms with Crippen LogP contribution in [-0.4, -0.2) is 12.8 Å². The number of carbonyl (C=O) groups excluding carboxylic acids is 1. The monoisotopic (exact) mass is 242 g/mol. The standard InChI is InChI=1S/C14H26O3/c1-3-5-6-7-8-9-10-11-12-13-17-14(15)16-4-2/h4H,2-3,5-13H2,1H3. The molecule has 0 aliphatic carbocycles. The molecule has 0 spiro atoms. The van der Waals surface area contributed by atoms with Gasteiger partial charge in [0, 0.05) is 0 Å². The van der Waals surface area contributed by atoms with Gasteiger partial charge in [-0.15, -0.1) is 0 Å². The van der Waals surface area contributed by atoms with Crippen LogP contribution in [0.5, 0.6) is 0 Å². The predicted molar refractivity (Wildman–Crippen MR) is 69.9 cm³/mol. The van der Waals surface area contributed by atoms with Crippen molar-refractivity contribution in [2.45, 2.75) is 64.7 Å². The quantitative estimate of drug-likeness (QED) is 0.296. The van der Waals surface area contributed by atoms with Crippen molar-refractivity contribution >= 4 is 6.16 Å². The summed E-state index contributed by atoms with van der Waals surface area (Å²) in [6.07, 6.45) is 11.7. The van der Waals surface area contributed by atoms with Gasteiger partial charge in [0.2, 0.25) is 0 Å². The van der Waals surface area contributed by atoms with Crippen LogP contribution in [-0.2, 0) is 9.47 Å². The second-order valence-electron chi connectivity index (χ2n) is 4.21. The molecule has 100 valence electrons. The largest absolute Gasteiger partial charge is 0.513 e. The van der Waals surface area contributed by atoms with Gasteiger partial charge in [-0.25, -0.2) is 4.79 Å². The van der Waals surface area contributed by atoms with E-state index in [0.717, 1.165) is 19.1 Å². The zero-order valence-electron chi connectivity index (χ0n) is 11.1. The van der Waals surface area contributed by atoms with Crippen LogP contribution in [0.4, 0.5) is 4.79 Å². The van der Waals surface area contributed by atoms with Gasteiger partial charge in [-0.3, -0.25) is 0 Å². The number of rotatable bonds is 11. The van der Waals surface area contributed by atoms with E-state index in [-0.39, 0.29) is 0 Å². The normalized spacial score (nSPS) is 9.94. The molecule has 0 saturated carbocycles. The lowest BCUT2D eigenvalue weighted by molar-refractivity contribution is 0.0833. The Morgan fingerprint density at radius 3 is 2.06 bits per heavy atom. The zero-order valence-corrected chi connectivity index (χ0v) is 11.1. The summed E-state index contributed by atoms with van der Waals surface area (Å²) in [5.41, 5.74) is 0. The maximum atomic E-state index is 10.8. The number of unbranched alkanes of at least 4 members (excludes halogenated alkanes) is 8. The lowest BCUT2D eigenvalue weighted by Crippen LogP contribution is -2.04. The molecule has 0 unspecified atom stereocenters. The molecule has 0 aromatic rings. The summed E-state index contributed by atoms with van der Waals surface area (Å²) in [5, 5.41) is 0. The maximum absolute atomic E-state index is 10.8. The van der Waals surface area contributed by atoms with Gasteiger partial charge in [0.05, 0.1) is 12.9 Å². The Morgan fingerprint density at radius 2 is 1.53 bits per heavy atom. The minimum Gasteiger partial charge on any atom is -0.434 e. The first-order valence-electron chi connectivity index (χ1n) is 6.75. The van der Waals surface area contributed by atoms with Crippen LogP contribution < -0.4 is 0 Å². The van der Waals surface area contributed by atoms with E-state index >= 15 is 0 Å². The van der Waals surface area contributed by atoms with Crippen LogP contribution in [0, 0.1) is 0 Å². The summed E-state index contributed by atoms with van der Waals surface area (Å²) >= 11 is 0. The van der Waals surface area contributed by atoms with Crippen LogP contribution in [0.15, 0.2) is 12.8 Å². The summed E-state index contributed by atoms with van der Waals surface area (Å²) in [7, 11) is 0. The molecule has 0 aliphatic heterocycles. The zero-order chi connectivity index (χ0) is 12.8. The highest BCUT2D eigenvalue weighted by atomic mass is 16.7. The molecule has 3 nitrogen and oxygen atoms in total. The topological polar surface area (TPSA) is 35.5 Å². The maximum Gasteiger partial charge on any atom is 0.513 e. The lowest BCUT2D eigenvalue weighted by atomic mass is 10.1. The first kappa shape index (κ1) is 16.0. The van der Waals surface area contributed by atoms with E-state index in [1.165, 1.54) is 44.9 Å². The molecule has 0 aromatic heterocycles. The summed E-state index contributed by atoms with van der Waals surface area (Å²) in [6.45, 7) is 5.96. The molecule has 0 aromatic carbocycles. The first-order valence-corrected chi connectivity index (χ1v) is 6.75. The highest BCUT2D eigenvalue weighted by Gasteiger charge is 1.99. The van der Waals surface area contributed by atoms with Crippen molar-refractivity contribution in [1.82, 2.24) is 0 Å². The molecule has 0 heterocycles. The molecule has 0 aliphatic rings. The average molecular weight is 242 g/mol. The lowest BCUT2D eigenvalue weighted by Gasteiger charge is -2.03. The SMILES string of the molecule is C=COC(=O)OCCCCCCCCCCC. The molecule has 17 heavy (non-hydrogen) atoms. The van der Waals surface area contributed by atoms with Crippen molar-refractivity contribution < 1.29 is 14.3 Å². The minimum absolute atomic E-state index is 0.447. The smallest absolute Gasteiger partial charge is 0.434 e. The van der Waals surface area contributed by atoms with Crippen LogP contribution >= 0.6 is 0 Å². The Labute approximate surface area is 105 Å². The fourth-order valence-electron chi connectivity index (χ4n) is 1.67. The molecule has 0 amide bonds. The Kier molecular flexibility index (Phi) is 12.3. The summed E-state index contributed by atoms with van der Waals surface area (Å²) in [5.74, 6) is 0. The summed E-state index contributed by atoms with van der Waals surface area (Å²) in [6, 6.07) is 0. The van der Waals surface area contributed by atoms with Gasteiger partial charge in [-0.1, -0.05) is 64.9 Å². The molecular formula is C14H26O3. The van der Waals surface area contributed by atoms with E-state index in [9.17, 15) is 4.79 Å². The summed E-state index contributed by atoms with van der Waals surface area (Å²) in [4.78, 5) is 10.8. The van der Waals surface area contributed by atoms with E-state index in [1.54, 1.807) is 0 Å². The van der Waals surface area contributed by atoms with Crippen molar-refractivity contribution in [2.24, 2.45) is 0 Å². The van der Waals surface area contributed by atoms with Gasteiger partial charge in [-0.05, 0) is 6.42 Å². The van der Waals surface area contributed by atoms with Crippen LogP contribution in [0.2, 0.25) is 0 Å². The molecule has 0 rings (SSSR count). The Bertz CT molecular complexity index is 190. The van der Waals surface area contributed by atoms with E-state index in [0.29, 0.717) is 6.61 Å². The van der Waals surface area contributed by atoms with Crippen LogP contribution in [0.25, 0.3) is 0 Å². The third kappa shape index (κ3) is 12.9. The van der Waals surface area contributed by atoms with Gasteiger partial charge in [-0.2, -0.15) is 0 Å². The van der Waals surface area contributed by atoms with Gasteiger partial charge in [0.15, 0.2) is 0 Å². The Morgan fingerprint density at radius 1 is 1.00 bits per heavy atom. The van der Waals surface area contributed by atoms with Gasteiger partial charge >= 0.3 is 6.16 Å². The number of ether oxygens (including phenoxy) is 2. The molecule has 0 N–H and O–H groups in total. The van der Waals surface area contributed by atoms with Gasteiger partial charge < -0.3 is 9.47 Å². The molecule has 0 fully saturated rings. The second-order valence-corrected chi connectivity index (χ2v) is 4.21. The fourth-order valence-corrected chi connectivity index (χ4v) is 1.67. The molecule has 3 heteroatoms. The van der Waals surface area contributed by atoms with Crippen LogP contribution in [0.3, 0.4) is 0 Å². The van der Waals surface area contributed by atoms with Crippen molar-refractivity contribution in [3.8, 4) is 0 Å². The van der Waals surface area contributed by atoms with Gasteiger partial charge in [0.25, 0.3) is 0 Å². The molecule has 0 radical (unpaired) electrons. The third-order valence-corrected chi connectivity index (χ3v) is 2.65. The minimum atomic E-state index is -0.653. The molecule has 0 bridgehead atoms. The van der Waals surface area contributed by atoms with E-state index in [2.05, 4.69) is 18.2 Å². The first-order chi connectivity index (χ1) is 8.31. The number of hydrogen-bond donors (Lipinski definition) is 0. The second kappa shape index (κ2) is 13.1. The van der Waals surface area contributed by atoms with Crippen molar-refractivity contribution in [2.75, 3.05) is 6.61 Å². The van der Waals surface area contributed by atoms with E-state index < -0.39 is 6.16 Å². The van der Waals surface area contributed by atoms with E-state index in [4.69, 9.17) is 4.74 Å². The van der Waals surface area contributed by atoms with Crippen molar-refractivity contribution in [1.29, 1.82) is 0 Å². The molecule has 0 saturated heterocycles. The highest BCUT2D eigenvalue weighted by molar-refractivity contribution is 5.60. The Hall–Kier alpha value is -0.990. The molecule has 0 atom stereocenters. The highest BCUT2D eigenvalue weighted by Crippen LogP contribution is 2.09.